The SMILES string of the molecule is CCC(O)(CC)CNCCc1ccc(Br)s1. The average molecular weight is 306 g/mol. The van der Waals surface area contributed by atoms with Crippen LogP contribution in [0.15, 0.2) is 15.9 Å². The quantitative estimate of drug-likeness (QED) is 0.758. The van der Waals surface area contributed by atoms with Gasteiger partial charge in [0.15, 0.2) is 0 Å². The Morgan fingerprint density at radius 1 is 1.38 bits per heavy atom. The lowest BCUT2D eigenvalue weighted by Gasteiger charge is -2.25. The first-order valence-corrected chi connectivity index (χ1v) is 7.38. The molecule has 1 aromatic rings. The van der Waals surface area contributed by atoms with Crippen LogP contribution in [0.25, 0.3) is 0 Å². The Morgan fingerprint density at radius 3 is 2.56 bits per heavy atom. The molecule has 0 radical (unpaired) electrons. The molecule has 0 bridgehead atoms. The monoisotopic (exact) mass is 305 g/mol. The molecule has 0 unspecified atom stereocenters. The lowest BCUT2D eigenvalue weighted by Crippen LogP contribution is -2.40. The van der Waals surface area contributed by atoms with Crippen molar-refractivity contribution in [3.8, 4) is 0 Å². The van der Waals surface area contributed by atoms with Crippen molar-refractivity contribution in [3.63, 3.8) is 0 Å². The van der Waals surface area contributed by atoms with E-state index in [2.05, 4.69) is 33.4 Å². The minimum absolute atomic E-state index is 0.532. The molecule has 0 amide bonds. The third-order valence-corrected chi connectivity index (χ3v) is 4.63. The molecule has 0 aliphatic carbocycles. The highest BCUT2D eigenvalue weighted by atomic mass is 79.9. The minimum Gasteiger partial charge on any atom is -0.389 e. The van der Waals surface area contributed by atoms with Crippen molar-refractivity contribution in [1.82, 2.24) is 5.32 Å². The molecule has 0 spiro atoms. The second-order valence-electron chi connectivity index (χ2n) is 4.06. The summed E-state index contributed by atoms with van der Waals surface area (Å²) in [6.45, 7) is 5.67. The molecule has 2 N–H and O–H groups in total. The number of aliphatic hydroxyl groups is 1. The summed E-state index contributed by atoms with van der Waals surface area (Å²) in [7, 11) is 0. The predicted octanol–water partition coefficient (Wildman–Crippen LogP) is 3.19. The normalized spacial score (nSPS) is 12.0. The third-order valence-electron chi connectivity index (χ3n) is 2.95. The van der Waals surface area contributed by atoms with E-state index in [1.54, 1.807) is 11.3 Å². The van der Waals surface area contributed by atoms with Gasteiger partial charge in [0.1, 0.15) is 0 Å². The van der Waals surface area contributed by atoms with Crippen molar-refractivity contribution >= 4 is 27.3 Å². The Bertz CT molecular complexity index is 310. The van der Waals surface area contributed by atoms with Crippen LogP contribution in [0.1, 0.15) is 31.6 Å². The fourth-order valence-corrected chi connectivity index (χ4v) is 3.00. The number of nitrogens with one attached hydrogen (secondary N) is 1. The smallest absolute Gasteiger partial charge is 0.0766 e. The Labute approximate surface area is 110 Å². The third kappa shape index (κ3) is 4.53. The topological polar surface area (TPSA) is 32.3 Å². The van der Waals surface area contributed by atoms with Crippen LogP contribution in [0.3, 0.4) is 0 Å². The van der Waals surface area contributed by atoms with Crippen LogP contribution in [0.4, 0.5) is 0 Å². The molecule has 1 heterocycles. The maximum atomic E-state index is 10.1. The second kappa shape index (κ2) is 6.74. The summed E-state index contributed by atoms with van der Waals surface area (Å²) >= 11 is 5.22. The van der Waals surface area contributed by atoms with Crippen LogP contribution in [0.2, 0.25) is 0 Å². The van der Waals surface area contributed by atoms with E-state index in [-0.39, 0.29) is 0 Å². The zero-order valence-electron chi connectivity index (χ0n) is 9.92. The molecule has 0 fully saturated rings. The molecular weight excluding hydrogens is 286 g/mol. The molecule has 0 saturated carbocycles. The summed E-state index contributed by atoms with van der Waals surface area (Å²) in [5, 5.41) is 13.4. The van der Waals surface area contributed by atoms with E-state index in [4.69, 9.17) is 0 Å². The molecular formula is C12H20BrNOS. The van der Waals surface area contributed by atoms with E-state index in [0.717, 1.165) is 25.8 Å². The summed E-state index contributed by atoms with van der Waals surface area (Å²) in [6.07, 6.45) is 2.64. The van der Waals surface area contributed by atoms with Crippen LogP contribution >= 0.6 is 27.3 Å². The minimum atomic E-state index is -0.532. The standard InChI is InChI=1S/C12H20BrNOS/c1-3-12(15,4-2)9-14-8-7-10-5-6-11(13)16-10/h5-6,14-15H,3-4,7-9H2,1-2H3. The molecule has 0 saturated heterocycles. The van der Waals surface area contributed by atoms with Gasteiger partial charge in [-0.2, -0.15) is 0 Å². The van der Waals surface area contributed by atoms with Gasteiger partial charge in [0.2, 0.25) is 0 Å². The second-order valence-corrected chi connectivity index (χ2v) is 6.61. The van der Waals surface area contributed by atoms with Gasteiger partial charge >= 0.3 is 0 Å². The van der Waals surface area contributed by atoms with Gasteiger partial charge in [0, 0.05) is 18.0 Å². The van der Waals surface area contributed by atoms with Crippen LogP contribution in [0.5, 0.6) is 0 Å². The van der Waals surface area contributed by atoms with Gasteiger partial charge in [-0.05, 0) is 47.3 Å². The molecule has 1 rings (SSSR count). The van der Waals surface area contributed by atoms with Gasteiger partial charge in [-0.15, -0.1) is 11.3 Å². The fourth-order valence-electron chi connectivity index (χ4n) is 1.52. The largest absolute Gasteiger partial charge is 0.389 e. The number of rotatable bonds is 7. The summed E-state index contributed by atoms with van der Waals surface area (Å²) < 4.78 is 1.18. The molecule has 1 aromatic heterocycles. The first-order valence-electron chi connectivity index (χ1n) is 5.77. The molecule has 2 nitrogen and oxygen atoms in total. The van der Waals surface area contributed by atoms with Crippen molar-refractivity contribution < 1.29 is 5.11 Å². The highest BCUT2D eigenvalue weighted by Gasteiger charge is 2.20. The molecule has 92 valence electrons. The molecule has 0 aromatic carbocycles. The maximum Gasteiger partial charge on any atom is 0.0766 e. The van der Waals surface area contributed by atoms with Gasteiger partial charge in [0.25, 0.3) is 0 Å². The van der Waals surface area contributed by atoms with Gasteiger partial charge in [0.05, 0.1) is 9.39 Å². The zero-order chi connectivity index (χ0) is 12.0. The van der Waals surface area contributed by atoms with Gasteiger partial charge in [-0.3, -0.25) is 0 Å². The Balaban J connectivity index is 2.21. The van der Waals surface area contributed by atoms with Crippen molar-refractivity contribution in [2.75, 3.05) is 13.1 Å². The summed E-state index contributed by atoms with van der Waals surface area (Å²) in [6, 6.07) is 4.22. The number of thiophene rings is 1. The Morgan fingerprint density at radius 2 is 2.06 bits per heavy atom. The van der Waals surface area contributed by atoms with E-state index in [1.165, 1.54) is 8.66 Å². The zero-order valence-corrected chi connectivity index (χ0v) is 12.3. The number of halogens is 1. The van der Waals surface area contributed by atoms with E-state index in [0.29, 0.717) is 6.54 Å². The number of hydrogen-bond acceptors (Lipinski definition) is 3. The lowest BCUT2D eigenvalue weighted by atomic mass is 9.98. The summed E-state index contributed by atoms with van der Waals surface area (Å²) in [5.74, 6) is 0. The maximum absolute atomic E-state index is 10.1. The van der Waals surface area contributed by atoms with Gasteiger partial charge in [-0.1, -0.05) is 13.8 Å². The van der Waals surface area contributed by atoms with Crippen LogP contribution < -0.4 is 5.32 Å². The molecule has 4 heteroatoms. The van der Waals surface area contributed by atoms with Crippen LogP contribution in [-0.2, 0) is 6.42 Å². The first kappa shape index (κ1) is 14.2. The molecule has 0 atom stereocenters. The highest BCUT2D eigenvalue weighted by molar-refractivity contribution is 9.11. The van der Waals surface area contributed by atoms with E-state index in [9.17, 15) is 5.11 Å². The fraction of sp³-hybridized carbons (Fsp3) is 0.667. The molecule has 0 aliphatic heterocycles. The van der Waals surface area contributed by atoms with Gasteiger partial charge in [-0.25, -0.2) is 0 Å². The Kier molecular flexibility index (Phi) is 5.97. The van der Waals surface area contributed by atoms with Crippen molar-refractivity contribution in [3.05, 3.63) is 20.8 Å². The van der Waals surface area contributed by atoms with Crippen LogP contribution in [0, 0.1) is 0 Å². The summed E-state index contributed by atoms with van der Waals surface area (Å²) in [4.78, 5) is 1.37. The predicted molar refractivity (Wildman–Crippen MR) is 74.1 cm³/mol. The van der Waals surface area contributed by atoms with E-state index >= 15 is 0 Å². The highest BCUT2D eigenvalue weighted by Crippen LogP contribution is 2.22. The van der Waals surface area contributed by atoms with E-state index in [1.807, 2.05) is 13.8 Å². The first-order chi connectivity index (χ1) is 7.59. The van der Waals surface area contributed by atoms with Crippen molar-refractivity contribution in [1.29, 1.82) is 0 Å². The lowest BCUT2D eigenvalue weighted by molar-refractivity contribution is 0.0329. The van der Waals surface area contributed by atoms with E-state index < -0.39 is 5.60 Å². The Hall–Kier alpha value is 0.1000. The van der Waals surface area contributed by atoms with Crippen molar-refractivity contribution in [2.24, 2.45) is 0 Å². The summed E-state index contributed by atoms with van der Waals surface area (Å²) in [5.41, 5.74) is -0.532. The van der Waals surface area contributed by atoms with Crippen molar-refractivity contribution in [2.45, 2.75) is 38.7 Å². The molecule has 0 aliphatic rings. The average Bonchev–Trinajstić information content (AvgIpc) is 2.70. The van der Waals surface area contributed by atoms with Crippen LogP contribution in [-0.4, -0.2) is 23.8 Å². The van der Waals surface area contributed by atoms with Gasteiger partial charge < -0.3 is 10.4 Å². The molecule has 16 heavy (non-hydrogen) atoms. The number of hydrogen-bond donors (Lipinski definition) is 2.